The molecule has 21 heavy (non-hydrogen) atoms. The highest BCUT2D eigenvalue weighted by Crippen LogP contribution is 2.44. The van der Waals surface area contributed by atoms with E-state index in [4.69, 9.17) is 4.52 Å². The van der Waals surface area contributed by atoms with Crippen LogP contribution in [-0.2, 0) is 15.7 Å². The Bertz CT molecular complexity index is 673. The molecule has 0 spiro atoms. The molecule has 0 bridgehead atoms. The second kappa shape index (κ2) is 6.84. The van der Waals surface area contributed by atoms with Crippen LogP contribution in [0.15, 0.2) is 40.9 Å². The smallest absolute Gasteiger partial charge is 0.279 e. The number of benzene rings is 1. The van der Waals surface area contributed by atoms with Crippen molar-refractivity contribution in [2.75, 3.05) is 6.61 Å². The number of nitrogens with zero attached hydrogens (tertiary/aromatic N) is 1. The maximum absolute atomic E-state index is 13.4. The number of rotatable bonds is 5. The van der Waals surface area contributed by atoms with Gasteiger partial charge in [0, 0.05) is 9.78 Å². The summed E-state index contributed by atoms with van der Waals surface area (Å²) in [6, 6.07) is 10.8. The highest BCUT2D eigenvalue weighted by Gasteiger charge is 2.30. The SMILES string of the molecule is CCOP(=O)(c1ccc(C)cc1)c1cc(Br)cc(CO)n1. The van der Waals surface area contributed by atoms with Crippen molar-refractivity contribution >= 4 is 34.0 Å². The molecule has 1 N–H and O–H groups in total. The molecule has 1 unspecified atom stereocenters. The molecule has 0 fully saturated rings. The first-order valence-electron chi connectivity index (χ1n) is 6.59. The van der Waals surface area contributed by atoms with Crippen LogP contribution in [-0.4, -0.2) is 16.7 Å². The largest absolute Gasteiger partial charge is 0.390 e. The molecule has 0 aliphatic carbocycles. The van der Waals surface area contributed by atoms with E-state index in [9.17, 15) is 9.67 Å². The van der Waals surface area contributed by atoms with Crippen molar-refractivity contribution in [2.24, 2.45) is 0 Å². The third kappa shape index (κ3) is 3.61. The molecule has 4 nitrogen and oxygen atoms in total. The van der Waals surface area contributed by atoms with E-state index in [2.05, 4.69) is 20.9 Å². The molecule has 2 rings (SSSR count). The summed E-state index contributed by atoms with van der Waals surface area (Å²) in [6.45, 7) is 3.86. The molecule has 1 atom stereocenters. The first-order valence-corrected chi connectivity index (χ1v) is 9.01. The zero-order chi connectivity index (χ0) is 15.5. The van der Waals surface area contributed by atoms with Crippen LogP contribution >= 0.6 is 23.3 Å². The molecule has 0 aliphatic heterocycles. The van der Waals surface area contributed by atoms with Gasteiger partial charge in [0.1, 0.15) is 5.44 Å². The number of aromatic nitrogens is 1. The van der Waals surface area contributed by atoms with Crippen molar-refractivity contribution in [1.29, 1.82) is 0 Å². The van der Waals surface area contributed by atoms with Gasteiger partial charge in [-0.2, -0.15) is 0 Å². The van der Waals surface area contributed by atoms with Gasteiger partial charge in [-0.1, -0.05) is 33.6 Å². The molecule has 0 amide bonds. The monoisotopic (exact) mass is 369 g/mol. The topological polar surface area (TPSA) is 59.4 Å². The zero-order valence-electron chi connectivity index (χ0n) is 11.9. The van der Waals surface area contributed by atoms with Crippen LogP contribution in [0, 0.1) is 6.92 Å². The van der Waals surface area contributed by atoms with Gasteiger partial charge in [0.05, 0.1) is 18.9 Å². The summed E-state index contributed by atoms with van der Waals surface area (Å²) in [5.41, 5.74) is 1.87. The van der Waals surface area contributed by atoms with Gasteiger partial charge in [0.2, 0.25) is 0 Å². The standard InChI is InChI=1S/C15H17BrNO3P/c1-3-20-21(19,14-6-4-11(2)5-7-14)15-9-12(16)8-13(10-18)17-15/h4-9,18H,3,10H2,1-2H3. The second-order valence-electron chi connectivity index (χ2n) is 4.60. The fraction of sp³-hybridized carbons (Fsp3) is 0.267. The lowest BCUT2D eigenvalue weighted by atomic mass is 10.2. The van der Waals surface area contributed by atoms with E-state index in [-0.39, 0.29) is 6.61 Å². The third-order valence-corrected chi connectivity index (χ3v) is 5.87. The molecule has 1 aromatic carbocycles. The van der Waals surface area contributed by atoms with E-state index >= 15 is 0 Å². The second-order valence-corrected chi connectivity index (χ2v) is 7.85. The van der Waals surface area contributed by atoms with E-state index in [0.717, 1.165) is 5.56 Å². The van der Waals surface area contributed by atoms with Crippen molar-refractivity contribution in [3.8, 4) is 0 Å². The van der Waals surface area contributed by atoms with Crippen LogP contribution < -0.4 is 10.7 Å². The minimum absolute atomic E-state index is 0.216. The van der Waals surface area contributed by atoms with Gasteiger partial charge < -0.3 is 9.63 Å². The average Bonchev–Trinajstić information content (AvgIpc) is 2.47. The summed E-state index contributed by atoms with van der Waals surface area (Å²) in [7, 11) is -3.26. The molecule has 112 valence electrons. The molecular weight excluding hydrogens is 353 g/mol. The number of hydrogen-bond acceptors (Lipinski definition) is 4. The molecule has 0 aliphatic rings. The lowest BCUT2D eigenvalue weighted by Crippen LogP contribution is -2.22. The van der Waals surface area contributed by atoms with Crippen molar-refractivity contribution in [1.82, 2.24) is 4.98 Å². The Hall–Kier alpha value is -1.00. The minimum atomic E-state index is -3.26. The Morgan fingerprint density at radius 2 is 1.95 bits per heavy atom. The number of aryl methyl sites for hydroxylation is 1. The maximum atomic E-state index is 13.4. The van der Waals surface area contributed by atoms with E-state index < -0.39 is 7.37 Å². The summed E-state index contributed by atoms with van der Waals surface area (Å²) < 4.78 is 19.7. The van der Waals surface area contributed by atoms with E-state index in [0.29, 0.717) is 27.5 Å². The molecule has 0 saturated heterocycles. The Balaban J connectivity index is 2.59. The molecule has 6 heteroatoms. The van der Waals surface area contributed by atoms with Gasteiger partial charge in [-0.15, -0.1) is 0 Å². The lowest BCUT2D eigenvalue weighted by Gasteiger charge is -2.18. The number of hydrogen-bond donors (Lipinski definition) is 1. The maximum Gasteiger partial charge on any atom is 0.279 e. The molecule has 2 aromatic rings. The van der Waals surface area contributed by atoms with Gasteiger partial charge in [0.15, 0.2) is 0 Å². The van der Waals surface area contributed by atoms with Crippen LogP contribution in [0.1, 0.15) is 18.2 Å². The summed E-state index contributed by atoms with van der Waals surface area (Å²) in [4.78, 5) is 4.27. The first-order chi connectivity index (χ1) is 9.99. The molecular formula is C15H17BrNO3P. The van der Waals surface area contributed by atoms with E-state index in [1.165, 1.54) is 0 Å². The van der Waals surface area contributed by atoms with Crippen molar-refractivity contribution in [2.45, 2.75) is 20.5 Å². The van der Waals surface area contributed by atoms with Gasteiger partial charge in [0.25, 0.3) is 7.37 Å². The number of halogens is 1. The molecule has 0 saturated carbocycles. The summed E-state index contributed by atoms with van der Waals surface area (Å²) >= 11 is 3.35. The van der Waals surface area contributed by atoms with Crippen molar-refractivity contribution in [3.63, 3.8) is 0 Å². The molecule has 0 radical (unpaired) electrons. The third-order valence-electron chi connectivity index (χ3n) is 2.98. The first kappa shape index (κ1) is 16.4. The number of aliphatic hydroxyl groups excluding tert-OH is 1. The van der Waals surface area contributed by atoms with E-state index in [1.54, 1.807) is 31.2 Å². The summed E-state index contributed by atoms with van der Waals surface area (Å²) in [5, 5.41) is 9.88. The van der Waals surface area contributed by atoms with Crippen LogP contribution in [0.2, 0.25) is 0 Å². The Kier molecular flexibility index (Phi) is 5.33. The lowest BCUT2D eigenvalue weighted by molar-refractivity contribution is 0.277. The van der Waals surface area contributed by atoms with Crippen LogP contribution in [0.4, 0.5) is 0 Å². The number of pyridine rings is 1. The van der Waals surface area contributed by atoms with Gasteiger partial charge in [-0.05, 0) is 38.1 Å². The summed E-state index contributed by atoms with van der Waals surface area (Å²) in [5.74, 6) is 0. The predicted molar refractivity (Wildman–Crippen MR) is 87.5 cm³/mol. The van der Waals surface area contributed by atoms with Crippen LogP contribution in [0.25, 0.3) is 0 Å². The van der Waals surface area contributed by atoms with Gasteiger partial charge in [-0.3, -0.25) is 4.57 Å². The predicted octanol–water partition coefficient (Wildman–Crippen LogP) is 2.91. The fourth-order valence-electron chi connectivity index (χ4n) is 1.96. The fourth-order valence-corrected chi connectivity index (χ4v) is 4.64. The van der Waals surface area contributed by atoms with E-state index in [1.807, 2.05) is 19.1 Å². The molecule has 1 aromatic heterocycles. The van der Waals surface area contributed by atoms with Crippen molar-refractivity contribution < 1.29 is 14.2 Å². The van der Waals surface area contributed by atoms with Crippen LogP contribution in [0.3, 0.4) is 0 Å². The highest BCUT2D eigenvalue weighted by molar-refractivity contribution is 9.10. The Morgan fingerprint density at radius 3 is 2.52 bits per heavy atom. The van der Waals surface area contributed by atoms with Gasteiger partial charge >= 0.3 is 0 Å². The minimum Gasteiger partial charge on any atom is -0.390 e. The Labute approximate surface area is 132 Å². The van der Waals surface area contributed by atoms with Crippen LogP contribution in [0.5, 0.6) is 0 Å². The normalized spacial score (nSPS) is 13.9. The van der Waals surface area contributed by atoms with Crippen molar-refractivity contribution in [3.05, 3.63) is 52.1 Å². The average molecular weight is 370 g/mol. The highest BCUT2D eigenvalue weighted by atomic mass is 79.9. The molecule has 1 heterocycles. The van der Waals surface area contributed by atoms with Gasteiger partial charge in [-0.25, -0.2) is 4.98 Å². The zero-order valence-corrected chi connectivity index (χ0v) is 14.4. The number of aliphatic hydroxyl groups is 1. The Morgan fingerprint density at radius 1 is 1.29 bits per heavy atom. The summed E-state index contributed by atoms with van der Waals surface area (Å²) in [6.07, 6.45) is 0. The quantitative estimate of drug-likeness (QED) is 0.823.